The summed E-state index contributed by atoms with van der Waals surface area (Å²) in [6.07, 6.45) is 0.873. The number of aliphatic hydroxyl groups is 1. The number of rotatable bonds is 1. The summed E-state index contributed by atoms with van der Waals surface area (Å²) in [4.78, 5) is 12.0. The quantitative estimate of drug-likeness (QED) is 0.628. The van der Waals surface area contributed by atoms with Crippen LogP contribution in [0.15, 0.2) is 12.1 Å². The lowest BCUT2D eigenvalue weighted by molar-refractivity contribution is 0.112. The van der Waals surface area contributed by atoms with Crippen LogP contribution in [0.2, 0.25) is 0 Å². The molecular weight excluding hydrogens is 148 g/mol. The molecule has 56 valence electrons. The van der Waals surface area contributed by atoms with Crippen LogP contribution in [-0.4, -0.2) is 18.5 Å². The molecule has 1 N–H and O–H groups in total. The van der Waals surface area contributed by atoms with Gasteiger partial charge in [0.1, 0.15) is 0 Å². The van der Waals surface area contributed by atoms with Gasteiger partial charge in [-0.1, -0.05) is 0 Å². The highest BCUT2D eigenvalue weighted by Crippen LogP contribution is 2.11. The number of hydrogen-bond acceptors (Lipinski definition) is 3. The van der Waals surface area contributed by atoms with Gasteiger partial charge >= 0.3 is 0 Å². The number of aryl methyl sites for hydroxylation is 1. The van der Waals surface area contributed by atoms with Crippen LogP contribution < -0.4 is 0 Å². The Balaban J connectivity index is 0.000000371. The molecular formula is C7H10O2S. The molecule has 0 aromatic carbocycles. The van der Waals surface area contributed by atoms with Gasteiger partial charge in [-0.05, 0) is 19.1 Å². The fourth-order valence-corrected chi connectivity index (χ4v) is 1.21. The summed E-state index contributed by atoms with van der Waals surface area (Å²) in [6.45, 7) is 1.98. The number of hydrogen-bond donors (Lipinski definition) is 1. The largest absolute Gasteiger partial charge is 0.400 e. The van der Waals surface area contributed by atoms with Crippen LogP contribution >= 0.6 is 11.3 Å². The molecule has 0 radical (unpaired) electrons. The first-order chi connectivity index (χ1) is 4.83. The predicted octanol–water partition coefficient (Wildman–Crippen LogP) is 1.48. The van der Waals surface area contributed by atoms with Crippen molar-refractivity contribution in [2.24, 2.45) is 0 Å². The van der Waals surface area contributed by atoms with Crippen LogP contribution in [0.1, 0.15) is 14.5 Å². The lowest BCUT2D eigenvalue weighted by Gasteiger charge is -1.71. The molecule has 0 atom stereocenters. The summed E-state index contributed by atoms with van der Waals surface area (Å²) >= 11 is 1.52. The fourth-order valence-electron chi connectivity index (χ4n) is 0.517. The van der Waals surface area contributed by atoms with Gasteiger partial charge in [-0.15, -0.1) is 11.3 Å². The zero-order valence-electron chi connectivity index (χ0n) is 6.00. The van der Waals surface area contributed by atoms with Crippen LogP contribution in [-0.2, 0) is 0 Å². The minimum absolute atomic E-state index is 0.808. The molecule has 1 rings (SSSR count). The highest BCUT2D eigenvalue weighted by molar-refractivity contribution is 7.13. The highest BCUT2D eigenvalue weighted by Gasteiger charge is 1.90. The first-order valence-corrected chi connectivity index (χ1v) is 3.61. The Labute approximate surface area is 64.1 Å². The van der Waals surface area contributed by atoms with Crippen LogP contribution in [0, 0.1) is 6.92 Å². The Kier molecular flexibility index (Phi) is 4.80. The van der Waals surface area contributed by atoms with Gasteiger partial charge in [0, 0.05) is 12.0 Å². The maximum absolute atomic E-state index is 10.0. The third-order valence-electron chi connectivity index (χ3n) is 0.877. The van der Waals surface area contributed by atoms with E-state index in [2.05, 4.69) is 0 Å². The summed E-state index contributed by atoms with van der Waals surface area (Å²) in [6, 6.07) is 3.77. The maximum atomic E-state index is 10.0. The van der Waals surface area contributed by atoms with Crippen LogP contribution in [0.25, 0.3) is 0 Å². The minimum Gasteiger partial charge on any atom is -0.400 e. The van der Waals surface area contributed by atoms with Gasteiger partial charge in [0.25, 0.3) is 0 Å². The topological polar surface area (TPSA) is 37.3 Å². The number of thiophene rings is 1. The van der Waals surface area contributed by atoms with Crippen molar-refractivity contribution in [3.63, 3.8) is 0 Å². The number of carbonyl (C=O) groups is 1. The van der Waals surface area contributed by atoms with Gasteiger partial charge in [0.2, 0.25) is 0 Å². The molecule has 0 saturated carbocycles. The van der Waals surface area contributed by atoms with Crippen molar-refractivity contribution in [1.29, 1.82) is 0 Å². The Morgan fingerprint density at radius 3 is 2.30 bits per heavy atom. The van der Waals surface area contributed by atoms with E-state index in [0.717, 1.165) is 18.3 Å². The molecule has 0 aliphatic carbocycles. The van der Waals surface area contributed by atoms with Crippen LogP contribution in [0.5, 0.6) is 0 Å². The van der Waals surface area contributed by atoms with Crippen LogP contribution in [0.3, 0.4) is 0 Å². The molecule has 0 fully saturated rings. The second-order valence-corrected chi connectivity index (χ2v) is 2.89. The molecule has 0 saturated heterocycles. The smallest absolute Gasteiger partial charge is 0.160 e. The Hall–Kier alpha value is -0.670. The van der Waals surface area contributed by atoms with E-state index in [-0.39, 0.29) is 0 Å². The molecule has 1 aromatic rings. The third-order valence-corrected chi connectivity index (χ3v) is 1.80. The number of aliphatic hydroxyl groups excluding tert-OH is 1. The second kappa shape index (κ2) is 5.14. The molecule has 0 aliphatic rings. The van der Waals surface area contributed by atoms with E-state index in [1.807, 2.05) is 19.1 Å². The molecule has 0 spiro atoms. The average Bonchev–Trinajstić information content (AvgIpc) is 2.40. The van der Waals surface area contributed by atoms with Gasteiger partial charge in [-0.25, -0.2) is 0 Å². The Morgan fingerprint density at radius 2 is 2.10 bits per heavy atom. The molecule has 0 bridgehead atoms. The monoisotopic (exact) mass is 158 g/mol. The Bertz CT molecular complexity index is 193. The van der Waals surface area contributed by atoms with Crippen LogP contribution in [0.4, 0.5) is 0 Å². The van der Waals surface area contributed by atoms with Crippen molar-refractivity contribution >= 4 is 17.6 Å². The van der Waals surface area contributed by atoms with Gasteiger partial charge in [-0.2, -0.15) is 0 Å². The molecule has 0 aliphatic heterocycles. The van der Waals surface area contributed by atoms with Crippen molar-refractivity contribution < 1.29 is 9.90 Å². The zero-order chi connectivity index (χ0) is 7.98. The minimum atomic E-state index is 0.808. The number of carbonyl (C=O) groups excluding carboxylic acids is 1. The lowest BCUT2D eigenvalue weighted by atomic mass is 10.5. The van der Waals surface area contributed by atoms with E-state index in [0.29, 0.717) is 0 Å². The van der Waals surface area contributed by atoms with Gasteiger partial charge < -0.3 is 5.11 Å². The van der Waals surface area contributed by atoms with E-state index in [1.54, 1.807) is 0 Å². The zero-order valence-corrected chi connectivity index (χ0v) is 6.81. The average molecular weight is 158 g/mol. The number of aldehydes is 1. The van der Waals surface area contributed by atoms with Gasteiger partial charge in [-0.3, -0.25) is 4.79 Å². The Morgan fingerprint density at radius 1 is 1.50 bits per heavy atom. The third kappa shape index (κ3) is 2.75. The summed E-state index contributed by atoms with van der Waals surface area (Å²) < 4.78 is 0. The van der Waals surface area contributed by atoms with Crippen molar-refractivity contribution in [2.75, 3.05) is 7.11 Å². The van der Waals surface area contributed by atoms with Gasteiger partial charge in [0.15, 0.2) is 6.29 Å². The van der Waals surface area contributed by atoms with E-state index in [4.69, 9.17) is 5.11 Å². The lowest BCUT2D eigenvalue weighted by Crippen LogP contribution is -1.61. The molecule has 1 heterocycles. The first-order valence-electron chi connectivity index (χ1n) is 2.79. The van der Waals surface area contributed by atoms with E-state index in [9.17, 15) is 4.79 Å². The second-order valence-electron chi connectivity index (χ2n) is 1.57. The normalized spacial score (nSPS) is 7.90. The summed E-state index contributed by atoms with van der Waals surface area (Å²) in [5.74, 6) is 0. The standard InChI is InChI=1S/C6H6OS.CH4O/c1-5-2-3-6(4-7)8-5;1-2/h2-4H,1H3;2H,1H3. The first kappa shape index (κ1) is 9.33. The van der Waals surface area contributed by atoms with Crippen molar-refractivity contribution in [2.45, 2.75) is 6.92 Å². The highest BCUT2D eigenvalue weighted by atomic mass is 32.1. The molecule has 0 unspecified atom stereocenters. The predicted molar refractivity (Wildman–Crippen MR) is 42.6 cm³/mol. The fraction of sp³-hybridized carbons (Fsp3) is 0.286. The SMILES string of the molecule is CO.Cc1ccc(C=O)s1. The summed E-state index contributed by atoms with van der Waals surface area (Å²) in [5.41, 5.74) is 0. The van der Waals surface area contributed by atoms with E-state index < -0.39 is 0 Å². The molecule has 3 heteroatoms. The molecule has 2 nitrogen and oxygen atoms in total. The molecule has 0 amide bonds. The van der Waals surface area contributed by atoms with Crippen molar-refractivity contribution in [3.05, 3.63) is 21.9 Å². The van der Waals surface area contributed by atoms with Crippen molar-refractivity contribution in [3.8, 4) is 0 Å². The van der Waals surface area contributed by atoms with E-state index in [1.165, 1.54) is 16.2 Å². The summed E-state index contributed by atoms with van der Waals surface area (Å²) in [5, 5.41) is 7.00. The molecule has 10 heavy (non-hydrogen) atoms. The van der Waals surface area contributed by atoms with Gasteiger partial charge in [0.05, 0.1) is 4.88 Å². The van der Waals surface area contributed by atoms with E-state index >= 15 is 0 Å². The van der Waals surface area contributed by atoms with Crippen molar-refractivity contribution in [1.82, 2.24) is 0 Å². The maximum Gasteiger partial charge on any atom is 0.160 e. The summed E-state index contributed by atoms with van der Waals surface area (Å²) in [7, 11) is 1.00. The molecule has 1 aromatic heterocycles.